The van der Waals surface area contributed by atoms with Gasteiger partial charge in [-0.3, -0.25) is 0 Å². The molecule has 0 aliphatic rings. The van der Waals surface area contributed by atoms with Crippen molar-refractivity contribution in [1.82, 2.24) is 0 Å². The molecule has 102 valence electrons. The number of nitrogens with two attached hydrogens (primary N) is 1. The van der Waals surface area contributed by atoms with Crippen molar-refractivity contribution in [1.29, 1.82) is 0 Å². The van der Waals surface area contributed by atoms with Crippen molar-refractivity contribution in [2.75, 3.05) is 0 Å². The third-order valence-electron chi connectivity index (χ3n) is 2.16. The Labute approximate surface area is 126 Å². The van der Waals surface area contributed by atoms with Gasteiger partial charge in [0.05, 0.1) is 3.57 Å². The van der Waals surface area contributed by atoms with E-state index in [1.165, 1.54) is 6.07 Å². The van der Waals surface area contributed by atoms with Gasteiger partial charge in [-0.05, 0) is 57.3 Å². The molecular weight excluding hydrogens is 487 g/mol. The summed E-state index contributed by atoms with van der Waals surface area (Å²) < 4.78 is 63.3. The Hall–Kier alpha value is 0.0900. The first-order chi connectivity index (χ1) is 7.98. The molecule has 0 bridgehead atoms. The van der Waals surface area contributed by atoms with Crippen LogP contribution in [0.3, 0.4) is 0 Å². The second-order valence-electron chi connectivity index (χ2n) is 3.42. The first-order valence-corrected chi connectivity index (χ1v) is 6.52. The average Bonchev–Trinajstić information content (AvgIpc) is 2.20. The molecular formula is C9H6F5I2NO. The second kappa shape index (κ2) is 5.23. The Morgan fingerprint density at radius 2 is 1.61 bits per heavy atom. The maximum atomic E-state index is 13.1. The van der Waals surface area contributed by atoms with E-state index in [0.29, 0.717) is 3.57 Å². The standard InChI is InChI=1S/C9H6F5I2NO/c10-8(11,9(12,13)14)7(17)4-1-3(15)2-5(16)6(4)18/h1-2,7,18H,17H2/t7-/m1/s1. The zero-order valence-corrected chi connectivity index (χ0v) is 12.7. The van der Waals surface area contributed by atoms with Crippen molar-refractivity contribution in [3.63, 3.8) is 0 Å². The summed E-state index contributed by atoms with van der Waals surface area (Å²) in [6.07, 6.45) is -5.77. The van der Waals surface area contributed by atoms with Crippen LogP contribution in [0.15, 0.2) is 12.1 Å². The lowest BCUT2D eigenvalue weighted by Gasteiger charge is -2.26. The predicted octanol–water partition coefficient (Wildman–Crippen LogP) is 3.80. The van der Waals surface area contributed by atoms with Crippen LogP contribution in [0.4, 0.5) is 22.0 Å². The Morgan fingerprint density at radius 1 is 1.11 bits per heavy atom. The highest BCUT2D eigenvalue weighted by Gasteiger charge is 2.62. The molecule has 3 N–H and O–H groups in total. The first kappa shape index (κ1) is 16.1. The van der Waals surface area contributed by atoms with Gasteiger partial charge in [0, 0.05) is 9.13 Å². The van der Waals surface area contributed by atoms with E-state index >= 15 is 0 Å². The van der Waals surface area contributed by atoms with Gasteiger partial charge in [0.25, 0.3) is 0 Å². The summed E-state index contributed by atoms with van der Waals surface area (Å²) in [7, 11) is 0. The van der Waals surface area contributed by atoms with Crippen LogP contribution in [-0.4, -0.2) is 17.2 Å². The van der Waals surface area contributed by atoms with Gasteiger partial charge >= 0.3 is 12.1 Å². The Balaban J connectivity index is 3.31. The van der Waals surface area contributed by atoms with Gasteiger partial charge in [0.2, 0.25) is 0 Å². The molecule has 0 aliphatic heterocycles. The molecule has 1 rings (SSSR count). The van der Waals surface area contributed by atoms with E-state index in [9.17, 15) is 27.1 Å². The number of aromatic hydroxyl groups is 1. The van der Waals surface area contributed by atoms with E-state index < -0.39 is 29.5 Å². The molecule has 0 radical (unpaired) electrons. The van der Waals surface area contributed by atoms with Gasteiger partial charge in [0.1, 0.15) is 11.8 Å². The number of phenolic OH excluding ortho intramolecular Hbond substituents is 1. The van der Waals surface area contributed by atoms with Gasteiger partial charge in [-0.15, -0.1) is 0 Å². The Kier molecular flexibility index (Phi) is 4.69. The molecule has 0 amide bonds. The quantitative estimate of drug-likeness (QED) is 0.487. The van der Waals surface area contributed by atoms with Crippen LogP contribution in [0.5, 0.6) is 5.75 Å². The number of halogens is 7. The van der Waals surface area contributed by atoms with Crippen molar-refractivity contribution < 1.29 is 27.1 Å². The number of phenols is 1. The third kappa shape index (κ3) is 2.98. The number of hydrogen-bond donors (Lipinski definition) is 2. The molecule has 0 saturated heterocycles. The van der Waals surface area contributed by atoms with Crippen molar-refractivity contribution >= 4 is 45.2 Å². The van der Waals surface area contributed by atoms with E-state index in [1.807, 2.05) is 0 Å². The van der Waals surface area contributed by atoms with Gasteiger partial charge in [-0.1, -0.05) is 0 Å². The van der Waals surface area contributed by atoms with Crippen LogP contribution < -0.4 is 5.73 Å². The number of hydrogen-bond acceptors (Lipinski definition) is 2. The molecule has 0 aromatic heterocycles. The summed E-state index contributed by atoms with van der Waals surface area (Å²) in [5.74, 6) is -5.77. The number of alkyl halides is 5. The first-order valence-electron chi connectivity index (χ1n) is 4.36. The fraction of sp³-hybridized carbons (Fsp3) is 0.333. The number of benzene rings is 1. The summed E-state index contributed by atoms with van der Waals surface area (Å²) in [4.78, 5) is 0. The molecule has 1 aromatic carbocycles. The molecule has 0 spiro atoms. The van der Waals surface area contributed by atoms with Crippen molar-refractivity contribution in [3.05, 3.63) is 24.8 Å². The van der Waals surface area contributed by atoms with E-state index in [1.54, 1.807) is 45.2 Å². The molecule has 0 saturated carbocycles. The van der Waals surface area contributed by atoms with E-state index in [2.05, 4.69) is 0 Å². The van der Waals surface area contributed by atoms with E-state index in [4.69, 9.17) is 5.73 Å². The molecule has 2 nitrogen and oxygen atoms in total. The summed E-state index contributed by atoms with van der Waals surface area (Å²) in [6.45, 7) is 0. The van der Waals surface area contributed by atoms with Crippen LogP contribution >= 0.6 is 45.2 Å². The van der Waals surface area contributed by atoms with Crippen LogP contribution in [0.1, 0.15) is 11.6 Å². The zero-order valence-electron chi connectivity index (χ0n) is 8.40. The highest BCUT2D eigenvalue weighted by atomic mass is 127. The predicted molar refractivity (Wildman–Crippen MR) is 71.5 cm³/mol. The maximum Gasteiger partial charge on any atom is 0.455 e. The molecule has 0 unspecified atom stereocenters. The minimum absolute atomic E-state index is 0.155. The zero-order chi connectivity index (χ0) is 14.3. The lowest BCUT2D eigenvalue weighted by Crippen LogP contribution is -2.45. The van der Waals surface area contributed by atoms with Crippen LogP contribution in [0, 0.1) is 7.14 Å². The fourth-order valence-electron chi connectivity index (χ4n) is 1.19. The lowest BCUT2D eigenvalue weighted by atomic mass is 10.00. The fourth-order valence-corrected chi connectivity index (χ4v) is 3.08. The molecule has 0 fully saturated rings. The SMILES string of the molecule is N[C@H](c1cc(I)cc(I)c1O)C(F)(F)C(F)(F)F. The number of rotatable bonds is 2. The van der Waals surface area contributed by atoms with Crippen molar-refractivity contribution in [2.24, 2.45) is 5.73 Å². The Morgan fingerprint density at radius 3 is 2.06 bits per heavy atom. The van der Waals surface area contributed by atoms with Crippen molar-refractivity contribution in [3.8, 4) is 5.75 Å². The van der Waals surface area contributed by atoms with Crippen LogP contribution in [0.2, 0.25) is 0 Å². The largest absolute Gasteiger partial charge is 0.506 e. The summed E-state index contributed by atoms with van der Waals surface area (Å²) >= 11 is 3.35. The maximum absolute atomic E-state index is 13.1. The minimum atomic E-state index is -5.77. The topological polar surface area (TPSA) is 46.2 Å². The summed E-state index contributed by atoms with van der Waals surface area (Å²) in [5.41, 5.74) is 4.33. The van der Waals surface area contributed by atoms with Crippen LogP contribution in [-0.2, 0) is 0 Å². The third-order valence-corrected chi connectivity index (χ3v) is 3.61. The highest BCUT2D eigenvalue weighted by Crippen LogP contribution is 2.45. The second-order valence-corrected chi connectivity index (χ2v) is 5.83. The van der Waals surface area contributed by atoms with Gasteiger partial charge in [-0.25, -0.2) is 0 Å². The van der Waals surface area contributed by atoms with E-state index in [-0.39, 0.29) is 3.57 Å². The van der Waals surface area contributed by atoms with Gasteiger partial charge in [-0.2, -0.15) is 22.0 Å². The molecule has 1 aromatic rings. The summed E-state index contributed by atoms with van der Waals surface area (Å²) in [6, 6.07) is -0.221. The molecule has 18 heavy (non-hydrogen) atoms. The van der Waals surface area contributed by atoms with Crippen LogP contribution in [0.25, 0.3) is 0 Å². The molecule has 1 atom stereocenters. The van der Waals surface area contributed by atoms with Gasteiger partial charge < -0.3 is 10.8 Å². The molecule has 0 aliphatic carbocycles. The molecule has 0 heterocycles. The minimum Gasteiger partial charge on any atom is -0.506 e. The average molecular weight is 493 g/mol. The van der Waals surface area contributed by atoms with Crippen molar-refractivity contribution in [2.45, 2.75) is 18.1 Å². The van der Waals surface area contributed by atoms with Gasteiger partial charge in [0.15, 0.2) is 0 Å². The highest BCUT2D eigenvalue weighted by molar-refractivity contribution is 14.1. The lowest BCUT2D eigenvalue weighted by molar-refractivity contribution is -0.291. The smallest absolute Gasteiger partial charge is 0.455 e. The van der Waals surface area contributed by atoms with E-state index in [0.717, 1.165) is 6.07 Å². The Bertz CT molecular complexity index is 463. The monoisotopic (exact) mass is 493 g/mol. The summed E-state index contributed by atoms with van der Waals surface area (Å²) in [5, 5.41) is 9.53. The molecule has 9 heteroatoms. The normalized spacial score (nSPS) is 14.7.